The smallest absolute Gasteiger partial charge is 0.462 e. The van der Waals surface area contributed by atoms with Gasteiger partial charge in [-0.1, -0.05) is 136 Å². The lowest BCUT2D eigenvalue weighted by molar-refractivity contribution is -0.161. The lowest BCUT2D eigenvalue weighted by Gasteiger charge is -2.18. The van der Waals surface area contributed by atoms with Gasteiger partial charge in [-0.15, -0.1) is 0 Å². The Morgan fingerprint density at radius 2 is 1.09 bits per heavy atom. The molecule has 0 aromatic carbocycles. The maximum Gasteiger partial charge on any atom is 0.469 e. The number of ether oxygens (including phenoxy) is 2. The summed E-state index contributed by atoms with van der Waals surface area (Å²) in [5, 5.41) is 9.97. The molecule has 0 aliphatic heterocycles. The van der Waals surface area contributed by atoms with Gasteiger partial charge in [-0.25, -0.2) is 4.57 Å². The third kappa shape index (κ3) is 39.7. The number of hydrogen-bond donors (Lipinski definition) is 3. The van der Waals surface area contributed by atoms with Crippen LogP contribution in [0.4, 0.5) is 0 Å². The topological polar surface area (TPSA) is 140 Å². The van der Waals surface area contributed by atoms with Crippen molar-refractivity contribution in [2.45, 2.75) is 135 Å². The molecule has 0 aliphatic carbocycles. The molecule has 0 fully saturated rings. The van der Waals surface area contributed by atoms with Crippen LogP contribution >= 0.6 is 7.82 Å². The lowest BCUT2D eigenvalue weighted by Crippen LogP contribution is -2.29. The number of aliphatic hydroxyl groups is 1. The van der Waals surface area contributed by atoms with Crippen LogP contribution in [0.5, 0.6) is 0 Å². The van der Waals surface area contributed by atoms with E-state index in [2.05, 4.69) is 79.1 Å². The van der Waals surface area contributed by atoms with Gasteiger partial charge in [0, 0.05) is 12.8 Å². The number of rotatable bonds is 33. The van der Waals surface area contributed by atoms with Crippen LogP contribution in [0.3, 0.4) is 0 Å². The first-order valence-corrected chi connectivity index (χ1v) is 20.8. The van der Waals surface area contributed by atoms with E-state index in [4.69, 9.17) is 19.3 Å². The minimum atomic E-state index is -4.80. The van der Waals surface area contributed by atoms with Gasteiger partial charge in [0.25, 0.3) is 0 Å². The zero-order valence-corrected chi connectivity index (χ0v) is 33.1. The summed E-state index contributed by atoms with van der Waals surface area (Å²) >= 11 is 0. The molecule has 0 amide bonds. The Morgan fingerprint density at radius 3 is 1.70 bits per heavy atom. The predicted molar refractivity (Wildman–Crippen MR) is 217 cm³/mol. The molecule has 10 heteroatoms. The Morgan fingerprint density at radius 1 is 0.585 bits per heavy atom. The summed E-state index contributed by atoms with van der Waals surface area (Å²) in [5.74, 6) is -1.03. The molecule has 9 nitrogen and oxygen atoms in total. The van der Waals surface area contributed by atoms with E-state index < -0.39 is 38.6 Å². The van der Waals surface area contributed by atoms with Crippen LogP contribution in [0.15, 0.2) is 109 Å². The highest BCUT2D eigenvalue weighted by molar-refractivity contribution is 7.46. The number of phosphoric ester groups is 1. The van der Waals surface area contributed by atoms with E-state index in [0.717, 1.165) is 64.2 Å². The number of phosphoric acid groups is 1. The highest BCUT2D eigenvalue weighted by atomic mass is 31.2. The number of carbonyl (C=O) groups is 2. The third-order valence-corrected chi connectivity index (χ3v) is 7.85. The van der Waals surface area contributed by atoms with Gasteiger partial charge in [0.05, 0.1) is 12.7 Å². The fourth-order valence-corrected chi connectivity index (χ4v) is 4.90. The first kappa shape index (κ1) is 49.7. The quantitative estimate of drug-likeness (QED) is 0.0196. The van der Waals surface area contributed by atoms with Crippen molar-refractivity contribution in [3.05, 3.63) is 109 Å². The first-order valence-electron chi connectivity index (χ1n) is 19.3. The molecule has 0 saturated heterocycles. The van der Waals surface area contributed by atoms with Crippen LogP contribution in [-0.4, -0.2) is 52.3 Å². The largest absolute Gasteiger partial charge is 0.469 e. The van der Waals surface area contributed by atoms with Crippen LogP contribution in [0.2, 0.25) is 0 Å². The summed E-state index contributed by atoms with van der Waals surface area (Å²) in [6.07, 6.45) is 48.4. The summed E-state index contributed by atoms with van der Waals surface area (Å²) in [6, 6.07) is 0. The maximum absolute atomic E-state index is 12.4. The Kier molecular flexibility index (Phi) is 34.7. The van der Waals surface area contributed by atoms with Crippen molar-refractivity contribution < 1.29 is 43.0 Å². The van der Waals surface area contributed by atoms with E-state index >= 15 is 0 Å². The number of aliphatic hydroxyl groups excluding tert-OH is 1. The second kappa shape index (κ2) is 37.0. The molecule has 0 rings (SSSR count). The van der Waals surface area contributed by atoms with Crippen molar-refractivity contribution >= 4 is 19.8 Å². The molecule has 298 valence electrons. The second-order valence-electron chi connectivity index (χ2n) is 12.3. The fourth-order valence-electron chi connectivity index (χ4n) is 4.54. The molecule has 53 heavy (non-hydrogen) atoms. The number of allylic oxidation sites excluding steroid dienone is 16. The summed E-state index contributed by atoms with van der Waals surface area (Å²) in [7, 11) is -4.80. The molecular weight excluding hydrogens is 691 g/mol. The number of hydrogen-bond acceptors (Lipinski definition) is 7. The van der Waals surface area contributed by atoms with E-state index in [0.29, 0.717) is 32.1 Å². The summed E-state index contributed by atoms with van der Waals surface area (Å²) < 4.78 is 26.2. The fraction of sp³-hybridized carbons (Fsp3) is 0.535. The van der Waals surface area contributed by atoms with Gasteiger partial charge in [-0.2, -0.15) is 0 Å². The third-order valence-electron chi connectivity index (χ3n) is 7.37. The van der Waals surface area contributed by atoms with E-state index in [1.54, 1.807) is 6.08 Å². The van der Waals surface area contributed by atoms with Crippen molar-refractivity contribution in [2.24, 2.45) is 0 Å². The molecule has 0 saturated carbocycles. The Bertz CT molecular complexity index is 1230. The molecule has 0 aromatic rings. The maximum atomic E-state index is 12.4. The summed E-state index contributed by atoms with van der Waals surface area (Å²) in [6.45, 7) is 3.29. The number of carbonyl (C=O) groups excluding carboxylic acids is 2. The average molecular weight is 759 g/mol. The van der Waals surface area contributed by atoms with Crippen LogP contribution < -0.4 is 0 Å². The summed E-state index contributed by atoms with van der Waals surface area (Å²) in [4.78, 5) is 42.7. The van der Waals surface area contributed by atoms with Gasteiger partial charge in [-0.3, -0.25) is 14.1 Å². The van der Waals surface area contributed by atoms with E-state index in [9.17, 15) is 19.3 Å². The molecule has 0 radical (unpaired) electrons. The number of unbranched alkanes of at least 4 members (excludes halogenated alkanes) is 5. The molecule has 0 aliphatic rings. The van der Waals surface area contributed by atoms with Crippen LogP contribution in [0.1, 0.15) is 123 Å². The predicted octanol–water partition coefficient (Wildman–Crippen LogP) is 10.6. The van der Waals surface area contributed by atoms with Crippen molar-refractivity contribution in [2.75, 3.05) is 13.2 Å². The van der Waals surface area contributed by atoms with Crippen molar-refractivity contribution in [1.29, 1.82) is 0 Å². The minimum Gasteiger partial charge on any atom is -0.462 e. The van der Waals surface area contributed by atoms with E-state index in [1.165, 1.54) is 0 Å². The normalized spacial score (nSPS) is 14.3. The molecule has 1 unspecified atom stereocenters. The SMILES string of the molecule is CC/C=C\C/C=C\C/C=C\C/C=C\CCCCCCC(=O)OC[C@H](COP(=O)(O)O)OC(=O)CCC/C=C\C/C=C\C=C\C(O)C/C=C\C/C=C\CC. The van der Waals surface area contributed by atoms with Gasteiger partial charge < -0.3 is 24.4 Å². The monoisotopic (exact) mass is 758 g/mol. The first-order chi connectivity index (χ1) is 25.7. The van der Waals surface area contributed by atoms with Crippen molar-refractivity contribution in [3.63, 3.8) is 0 Å². The highest BCUT2D eigenvalue weighted by Gasteiger charge is 2.22. The van der Waals surface area contributed by atoms with Crippen LogP contribution in [-0.2, 0) is 28.2 Å². The van der Waals surface area contributed by atoms with Crippen LogP contribution in [0, 0.1) is 0 Å². The number of esters is 2. The van der Waals surface area contributed by atoms with Gasteiger partial charge in [0.1, 0.15) is 6.61 Å². The minimum absolute atomic E-state index is 0.0887. The molecule has 0 bridgehead atoms. The molecule has 0 aromatic heterocycles. The molecule has 2 atom stereocenters. The average Bonchev–Trinajstić information content (AvgIpc) is 3.12. The Hall–Kier alpha value is -3.33. The second-order valence-corrected chi connectivity index (χ2v) is 13.6. The van der Waals surface area contributed by atoms with Crippen LogP contribution in [0.25, 0.3) is 0 Å². The van der Waals surface area contributed by atoms with E-state index in [-0.39, 0.29) is 19.4 Å². The van der Waals surface area contributed by atoms with Gasteiger partial charge in [0.15, 0.2) is 6.10 Å². The Labute approximate surface area is 319 Å². The van der Waals surface area contributed by atoms with E-state index in [1.807, 2.05) is 42.5 Å². The summed E-state index contributed by atoms with van der Waals surface area (Å²) in [5.41, 5.74) is 0. The molecule has 0 spiro atoms. The molecule has 0 heterocycles. The van der Waals surface area contributed by atoms with Crippen molar-refractivity contribution in [3.8, 4) is 0 Å². The standard InChI is InChI=1S/C43H67O9P/c1-3-5-7-9-11-12-13-14-15-16-17-18-19-20-24-28-32-36-42(45)50-38-41(39-51-53(47,48)49)52-43(46)37-33-29-25-22-21-23-27-31-35-40(44)34-30-26-10-8-6-4-2/h5-8,11-12,14-15,17-18,22-23,25-27,30-31,35,40-41,44H,3-4,9-10,13,16,19-21,24,28-29,32-34,36-39H2,1-2H3,(H2,47,48,49)/b7-5-,8-6-,12-11-,15-14-,18-17-,25-22-,27-23-,30-26-,35-31+/t40?,41-/m1/s1. The Balaban J connectivity index is 4.20. The highest BCUT2D eigenvalue weighted by Crippen LogP contribution is 2.35. The van der Waals surface area contributed by atoms with Gasteiger partial charge in [-0.05, 0) is 83.5 Å². The zero-order chi connectivity index (χ0) is 39.1. The lowest BCUT2D eigenvalue weighted by atomic mass is 10.1. The van der Waals surface area contributed by atoms with Gasteiger partial charge in [0.2, 0.25) is 0 Å². The van der Waals surface area contributed by atoms with Gasteiger partial charge >= 0.3 is 19.8 Å². The molecular formula is C43H67O9P. The van der Waals surface area contributed by atoms with Crippen molar-refractivity contribution in [1.82, 2.24) is 0 Å². The molecule has 3 N–H and O–H groups in total. The zero-order valence-electron chi connectivity index (χ0n) is 32.2.